The Morgan fingerprint density at radius 2 is 2.00 bits per heavy atom. The fourth-order valence-electron chi connectivity index (χ4n) is 3.22. The van der Waals surface area contributed by atoms with Gasteiger partial charge in [0.2, 0.25) is 5.91 Å². The normalized spacial score (nSPS) is 16.8. The van der Waals surface area contributed by atoms with Crippen molar-refractivity contribution in [3.8, 4) is 0 Å². The van der Waals surface area contributed by atoms with Crippen molar-refractivity contribution in [2.45, 2.75) is 32.0 Å². The molecule has 1 amide bonds. The molecule has 0 aliphatic carbocycles. The number of rotatable bonds is 4. The van der Waals surface area contributed by atoms with Crippen molar-refractivity contribution in [2.24, 2.45) is 5.92 Å². The molecule has 1 saturated heterocycles. The van der Waals surface area contributed by atoms with Crippen molar-refractivity contribution in [3.05, 3.63) is 54.0 Å². The third-order valence-corrected chi connectivity index (χ3v) is 4.81. The fourth-order valence-corrected chi connectivity index (χ4v) is 3.22. The summed E-state index contributed by atoms with van der Waals surface area (Å²) in [5.41, 5.74) is -0.270. The van der Waals surface area contributed by atoms with Gasteiger partial charge in [0, 0.05) is 31.4 Å². The molecule has 0 radical (unpaired) electrons. The first-order valence-corrected chi connectivity index (χ1v) is 8.83. The summed E-state index contributed by atoms with van der Waals surface area (Å²) in [5.74, 6) is 0.499. The van der Waals surface area contributed by atoms with Crippen molar-refractivity contribution in [2.75, 3.05) is 18.0 Å². The molecule has 1 unspecified atom stereocenters. The van der Waals surface area contributed by atoms with Crippen LogP contribution in [0.2, 0.25) is 0 Å². The van der Waals surface area contributed by atoms with Gasteiger partial charge in [-0.05, 0) is 37.5 Å². The van der Waals surface area contributed by atoms with Crippen LogP contribution in [0.1, 0.15) is 36.9 Å². The Morgan fingerprint density at radius 1 is 1.26 bits per heavy atom. The number of nitrogens with zero attached hydrogens (tertiary/aromatic N) is 3. The van der Waals surface area contributed by atoms with Crippen LogP contribution < -0.4 is 10.2 Å². The monoisotopic (exact) mass is 378 g/mol. The van der Waals surface area contributed by atoms with Crippen molar-refractivity contribution < 1.29 is 18.0 Å². The van der Waals surface area contributed by atoms with E-state index in [4.69, 9.17) is 0 Å². The number of benzene rings is 1. The van der Waals surface area contributed by atoms with Crippen molar-refractivity contribution in [3.63, 3.8) is 0 Å². The molecular formula is C19H21F3N4O. The maximum Gasteiger partial charge on any atom is 0.416 e. The quantitative estimate of drug-likeness (QED) is 0.883. The number of carbonyl (C=O) groups is 1. The topological polar surface area (TPSA) is 58.1 Å². The molecule has 1 atom stereocenters. The Balaban J connectivity index is 1.57. The predicted molar refractivity (Wildman–Crippen MR) is 95.0 cm³/mol. The molecule has 3 rings (SSSR count). The number of carbonyl (C=O) groups excluding carboxylic acids is 1. The van der Waals surface area contributed by atoms with E-state index in [1.165, 1.54) is 6.07 Å². The summed E-state index contributed by atoms with van der Waals surface area (Å²) in [6.45, 7) is 3.07. The highest BCUT2D eigenvalue weighted by Crippen LogP contribution is 2.31. The second-order valence-corrected chi connectivity index (χ2v) is 6.68. The smallest absolute Gasteiger partial charge is 0.355 e. The van der Waals surface area contributed by atoms with E-state index >= 15 is 0 Å². The number of amides is 1. The van der Waals surface area contributed by atoms with Gasteiger partial charge in [0.05, 0.1) is 17.8 Å². The molecule has 0 spiro atoms. The van der Waals surface area contributed by atoms with Gasteiger partial charge in [-0.25, -0.2) is 4.98 Å². The summed E-state index contributed by atoms with van der Waals surface area (Å²) in [4.78, 5) is 22.9. The molecular weight excluding hydrogens is 357 g/mol. The number of anilines is 1. The molecule has 1 aromatic carbocycles. The lowest BCUT2D eigenvalue weighted by Gasteiger charge is -2.32. The van der Waals surface area contributed by atoms with Crippen LogP contribution in [0, 0.1) is 5.92 Å². The third-order valence-electron chi connectivity index (χ3n) is 4.81. The zero-order chi connectivity index (χ0) is 19.4. The molecule has 1 N–H and O–H groups in total. The van der Waals surface area contributed by atoms with Gasteiger partial charge in [-0.15, -0.1) is 0 Å². The van der Waals surface area contributed by atoms with Gasteiger partial charge in [0.15, 0.2) is 0 Å². The molecule has 1 fully saturated rings. The van der Waals surface area contributed by atoms with Crippen LogP contribution >= 0.6 is 0 Å². The molecule has 5 nitrogen and oxygen atoms in total. The van der Waals surface area contributed by atoms with E-state index in [0.29, 0.717) is 31.5 Å². The first-order chi connectivity index (χ1) is 12.8. The van der Waals surface area contributed by atoms with Gasteiger partial charge >= 0.3 is 6.18 Å². The second-order valence-electron chi connectivity index (χ2n) is 6.68. The van der Waals surface area contributed by atoms with Crippen molar-refractivity contribution in [1.29, 1.82) is 0 Å². The van der Waals surface area contributed by atoms with E-state index in [2.05, 4.69) is 20.2 Å². The van der Waals surface area contributed by atoms with Gasteiger partial charge < -0.3 is 10.2 Å². The molecule has 27 heavy (non-hydrogen) atoms. The SMILES string of the molecule is CC(NC(=O)C1CCN(c2cnccn2)CC1)c1cccc(C(F)(F)F)c1. The standard InChI is InChI=1S/C19H21F3N4O/c1-13(15-3-2-4-16(11-15)19(20,21)22)25-18(27)14-5-9-26(10-6-14)17-12-23-7-8-24-17/h2-4,7-8,11-14H,5-6,9-10H2,1H3,(H,25,27). The van der Waals surface area contributed by atoms with Crippen LogP contribution in [0.5, 0.6) is 0 Å². The maximum absolute atomic E-state index is 12.9. The Kier molecular flexibility index (Phi) is 5.62. The molecule has 0 saturated carbocycles. The zero-order valence-corrected chi connectivity index (χ0v) is 14.9. The Bertz CT molecular complexity index is 774. The lowest BCUT2D eigenvalue weighted by Crippen LogP contribution is -2.41. The lowest BCUT2D eigenvalue weighted by molar-refractivity contribution is -0.137. The summed E-state index contributed by atoms with van der Waals surface area (Å²) in [6, 6.07) is 4.58. The molecule has 1 aliphatic heterocycles. The number of aromatic nitrogens is 2. The van der Waals surface area contributed by atoms with Gasteiger partial charge in [-0.1, -0.05) is 12.1 Å². The number of piperidine rings is 1. The van der Waals surface area contributed by atoms with Crippen LogP contribution in [0.3, 0.4) is 0 Å². The van der Waals surface area contributed by atoms with E-state index in [1.54, 1.807) is 31.6 Å². The average Bonchev–Trinajstić information content (AvgIpc) is 2.68. The number of alkyl halides is 3. The average molecular weight is 378 g/mol. The number of halogens is 3. The van der Waals surface area contributed by atoms with Gasteiger partial charge in [0.1, 0.15) is 5.82 Å². The van der Waals surface area contributed by atoms with Crippen LogP contribution in [0.4, 0.5) is 19.0 Å². The molecule has 144 valence electrons. The van der Waals surface area contributed by atoms with Crippen LogP contribution in [0.15, 0.2) is 42.9 Å². The van der Waals surface area contributed by atoms with Crippen molar-refractivity contribution >= 4 is 11.7 Å². The van der Waals surface area contributed by atoms with Crippen LogP contribution in [-0.4, -0.2) is 29.0 Å². The van der Waals surface area contributed by atoms with Gasteiger partial charge in [0.25, 0.3) is 0 Å². The van der Waals surface area contributed by atoms with Crippen molar-refractivity contribution in [1.82, 2.24) is 15.3 Å². The first-order valence-electron chi connectivity index (χ1n) is 8.83. The molecule has 1 aromatic heterocycles. The highest BCUT2D eigenvalue weighted by Gasteiger charge is 2.31. The lowest BCUT2D eigenvalue weighted by atomic mass is 9.95. The van der Waals surface area contributed by atoms with E-state index in [0.717, 1.165) is 18.0 Å². The molecule has 0 bridgehead atoms. The third kappa shape index (κ3) is 4.75. The molecule has 8 heteroatoms. The largest absolute Gasteiger partial charge is 0.416 e. The first kappa shape index (κ1) is 19.1. The summed E-state index contributed by atoms with van der Waals surface area (Å²) in [6.07, 6.45) is 1.86. The van der Waals surface area contributed by atoms with E-state index in [9.17, 15) is 18.0 Å². The minimum absolute atomic E-state index is 0.126. The number of hydrogen-bond donors (Lipinski definition) is 1. The number of hydrogen-bond acceptors (Lipinski definition) is 4. The Labute approximate surface area is 155 Å². The fraction of sp³-hybridized carbons (Fsp3) is 0.421. The summed E-state index contributed by atoms with van der Waals surface area (Å²) >= 11 is 0. The zero-order valence-electron chi connectivity index (χ0n) is 14.9. The highest BCUT2D eigenvalue weighted by molar-refractivity contribution is 5.79. The van der Waals surface area contributed by atoms with Gasteiger partial charge in [-0.3, -0.25) is 9.78 Å². The van der Waals surface area contributed by atoms with Gasteiger partial charge in [-0.2, -0.15) is 13.2 Å². The second kappa shape index (κ2) is 7.94. The minimum atomic E-state index is -4.40. The summed E-state index contributed by atoms with van der Waals surface area (Å²) < 4.78 is 38.6. The van der Waals surface area contributed by atoms with E-state index in [1.807, 2.05) is 0 Å². The highest BCUT2D eigenvalue weighted by atomic mass is 19.4. The summed E-state index contributed by atoms with van der Waals surface area (Å²) in [5, 5.41) is 2.85. The summed E-state index contributed by atoms with van der Waals surface area (Å²) in [7, 11) is 0. The minimum Gasteiger partial charge on any atom is -0.355 e. The van der Waals surface area contributed by atoms with E-state index in [-0.39, 0.29) is 11.8 Å². The van der Waals surface area contributed by atoms with Crippen LogP contribution in [-0.2, 0) is 11.0 Å². The molecule has 2 heterocycles. The Hall–Kier alpha value is -2.64. The van der Waals surface area contributed by atoms with Crippen LogP contribution in [0.25, 0.3) is 0 Å². The molecule has 2 aromatic rings. The number of nitrogens with one attached hydrogen (secondary N) is 1. The maximum atomic E-state index is 12.9. The predicted octanol–water partition coefficient (Wildman–Crippen LogP) is 3.59. The van der Waals surface area contributed by atoms with E-state index < -0.39 is 17.8 Å². The Morgan fingerprint density at radius 3 is 2.63 bits per heavy atom. The molecule has 1 aliphatic rings.